The van der Waals surface area contributed by atoms with Crippen LogP contribution in [0.25, 0.3) is 0 Å². The van der Waals surface area contributed by atoms with Crippen LogP contribution in [0.3, 0.4) is 0 Å². The van der Waals surface area contributed by atoms with Crippen molar-refractivity contribution < 1.29 is 18.3 Å². The SMILES string of the molecule is NS(=O)(=O)CC=CC(=O)O. The lowest BCUT2D eigenvalue weighted by Crippen LogP contribution is -2.14. The lowest BCUT2D eigenvalue weighted by Gasteiger charge is -1.86. The minimum absolute atomic E-state index is 0.445. The summed E-state index contributed by atoms with van der Waals surface area (Å²) in [4.78, 5) is 9.76. The standard InChI is InChI=1S/C4H7NO4S/c5-10(8,9)3-1-2-4(6)7/h1-2H,3H2,(H,6,7)(H2,5,8,9). The normalized spacial score (nSPS) is 12.1. The molecular formula is C4H7NO4S. The first-order valence-corrected chi connectivity index (χ1v) is 4.03. The van der Waals surface area contributed by atoms with E-state index in [1.54, 1.807) is 0 Å². The maximum Gasteiger partial charge on any atom is 0.328 e. The highest BCUT2D eigenvalue weighted by Crippen LogP contribution is 1.79. The zero-order valence-corrected chi connectivity index (χ0v) is 5.84. The van der Waals surface area contributed by atoms with Gasteiger partial charge >= 0.3 is 5.97 Å². The highest BCUT2D eigenvalue weighted by atomic mass is 32.2. The molecule has 0 aromatic heterocycles. The van der Waals surface area contributed by atoms with Crippen LogP contribution in [0.5, 0.6) is 0 Å². The molecule has 3 N–H and O–H groups in total. The molecule has 0 radical (unpaired) electrons. The fourth-order valence-corrected chi connectivity index (χ4v) is 0.648. The highest BCUT2D eigenvalue weighted by Gasteiger charge is 1.96. The van der Waals surface area contributed by atoms with Gasteiger partial charge in [-0.05, 0) is 0 Å². The zero-order valence-electron chi connectivity index (χ0n) is 5.02. The average molecular weight is 165 g/mol. The van der Waals surface area contributed by atoms with Gasteiger partial charge in [-0.3, -0.25) is 0 Å². The molecular weight excluding hydrogens is 158 g/mol. The van der Waals surface area contributed by atoms with E-state index < -0.39 is 21.7 Å². The third-order valence-corrected chi connectivity index (χ3v) is 1.25. The molecule has 0 spiro atoms. The largest absolute Gasteiger partial charge is 0.478 e. The van der Waals surface area contributed by atoms with E-state index in [1.165, 1.54) is 0 Å². The number of aliphatic carboxylic acids is 1. The van der Waals surface area contributed by atoms with E-state index in [9.17, 15) is 13.2 Å². The number of carboxylic acid groups (broad SMARTS) is 1. The Morgan fingerprint density at radius 3 is 2.40 bits per heavy atom. The van der Waals surface area contributed by atoms with Crippen LogP contribution in [0, 0.1) is 0 Å². The average Bonchev–Trinajstić information content (AvgIpc) is 1.59. The van der Waals surface area contributed by atoms with Crippen LogP contribution < -0.4 is 5.14 Å². The van der Waals surface area contributed by atoms with Gasteiger partial charge in [-0.15, -0.1) is 0 Å². The summed E-state index contributed by atoms with van der Waals surface area (Å²) < 4.78 is 20.3. The maximum atomic E-state index is 10.1. The van der Waals surface area contributed by atoms with Crippen molar-refractivity contribution in [3.63, 3.8) is 0 Å². The summed E-state index contributed by atoms with van der Waals surface area (Å²) in [5.41, 5.74) is 0. The first-order valence-electron chi connectivity index (χ1n) is 2.32. The molecule has 0 aromatic carbocycles. The van der Waals surface area contributed by atoms with Crippen molar-refractivity contribution in [2.45, 2.75) is 0 Å². The van der Waals surface area contributed by atoms with Gasteiger partial charge in [0.1, 0.15) is 0 Å². The molecule has 0 saturated carbocycles. The Bertz CT molecular complexity index is 240. The molecule has 6 heteroatoms. The Morgan fingerprint density at radius 1 is 1.60 bits per heavy atom. The monoisotopic (exact) mass is 165 g/mol. The summed E-state index contributed by atoms with van der Waals surface area (Å²) in [7, 11) is -3.57. The van der Waals surface area contributed by atoms with Gasteiger partial charge < -0.3 is 5.11 Å². The van der Waals surface area contributed by atoms with Crippen molar-refractivity contribution in [2.75, 3.05) is 5.75 Å². The lowest BCUT2D eigenvalue weighted by molar-refractivity contribution is -0.131. The van der Waals surface area contributed by atoms with E-state index in [2.05, 4.69) is 5.14 Å². The maximum absolute atomic E-state index is 10.1. The second-order valence-corrected chi connectivity index (χ2v) is 3.23. The molecule has 0 fully saturated rings. The second kappa shape index (κ2) is 3.33. The van der Waals surface area contributed by atoms with Crippen LogP contribution in [0.1, 0.15) is 0 Å². The molecule has 0 aliphatic carbocycles. The van der Waals surface area contributed by atoms with Crippen molar-refractivity contribution in [1.29, 1.82) is 0 Å². The molecule has 0 heterocycles. The molecule has 0 rings (SSSR count). The van der Waals surface area contributed by atoms with Gasteiger partial charge in [-0.2, -0.15) is 0 Å². The quantitative estimate of drug-likeness (QED) is 0.519. The van der Waals surface area contributed by atoms with Gasteiger partial charge in [-0.25, -0.2) is 18.4 Å². The van der Waals surface area contributed by atoms with Gasteiger partial charge in [0.2, 0.25) is 10.0 Å². The first-order chi connectivity index (χ1) is 4.42. The van der Waals surface area contributed by atoms with Crippen LogP contribution in [0.15, 0.2) is 12.2 Å². The van der Waals surface area contributed by atoms with E-state index in [0.717, 1.165) is 12.2 Å². The Kier molecular flexibility index (Phi) is 3.04. The number of hydrogen-bond acceptors (Lipinski definition) is 3. The Labute approximate surface area is 58.2 Å². The molecule has 58 valence electrons. The molecule has 5 nitrogen and oxygen atoms in total. The fraction of sp³-hybridized carbons (Fsp3) is 0.250. The molecule has 0 aromatic rings. The number of hydrogen-bond donors (Lipinski definition) is 2. The summed E-state index contributed by atoms with van der Waals surface area (Å²) in [5, 5.41) is 12.5. The molecule has 10 heavy (non-hydrogen) atoms. The van der Waals surface area contributed by atoms with E-state index in [-0.39, 0.29) is 0 Å². The highest BCUT2D eigenvalue weighted by molar-refractivity contribution is 7.89. The summed E-state index contributed by atoms with van der Waals surface area (Å²) in [5.74, 6) is -1.64. The minimum atomic E-state index is -3.57. The van der Waals surface area contributed by atoms with Crippen LogP contribution in [-0.4, -0.2) is 25.2 Å². The van der Waals surface area contributed by atoms with Crippen molar-refractivity contribution >= 4 is 16.0 Å². The third kappa shape index (κ3) is 7.12. The van der Waals surface area contributed by atoms with E-state index in [4.69, 9.17) is 5.11 Å². The van der Waals surface area contributed by atoms with Gasteiger partial charge in [0.25, 0.3) is 0 Å². The Balaban J connectivity index is 3.88. The molecule has 0 saturated heterocycles. The zero-order chi connectivity index (χ0) is 8.20. The van der Waals surface area contributed by atoms with Crippen LogP contribution in [0.2, 0.25) is 0 Å². The van der Waals surface area contributed by atoms with Crippen LogP contribution >= 0.6 is 0 Å². The van der Waals surface area contributed by atoms with Crippen LogP contribution in [0.4, 0.5) is 0 Å². The summed E-state index contributed by atoms with van der Waals surface area (Å²) in [6.07, 6.45) is 1.70. The number of sulfonamides is 1. The molecule has 0 unspecified atom stereocenters. The van der Waals surface area contributed by atoms with Crippen molar-refractivity contribution in [1.82, 2.24) is 0 Å². The van der Waals surface area contributed by atoms with E-state index >= 15 is 0 Å². The number of carboxylic acids is 1. The predicted molar refractivity (Wildman–Crippen MR) is 34.7 cm³/mol. The molecule has 0 aliphatic rings. The third-order valence-electron chi connectivity index (χ3n) is 0.589. The first kappa shape index (κ1) is 9.12. The van der Waals surface area contributed by atoms with Gasteiger partial charge in [0.15, 0.2) is 0 Å². The molecule has 0 amide bonds. The Morgan fingerprint density at radius 2 is 2.10 bits per heavy atom. The number of rotatable bonds is 3. The topological polar surface area (TPSA) is 97.5 Å². The fourth-order valence-electron chi connectivity index (χ4n) is 0.283. The minimum Gasteiger partial charge on any atom is -0.478 e. The Hall–Kier alpha value is -0.880. The van der Waals surface area contributed by atoms with Gasteiger partial charge in [0.05, 0.1) is 5.75 Å². The van der Waals surface area contributed by atoms with Crippen molar-refractivity contribution in [3.8, 4) is 0 Å². The van der Waals surface area contributed by atoms with Crippen molar-refractivity contribution in [2.24, 2.45) is 5.14 Å². The molecule has 0 atom stereocenters. The van der Waals surface area contributed by atoms with Crippen molar-refractivity contribution in [3.05, 3.63) is 12.2 Å². The predicted octanol–water partition coefficient (Wildman–Crippen LogP) is -1.08. The molecule has 0 bridgehead atoms. The number of primary sulfonamides is 1. The number of nitrogens with two attached hydrogens (primary N) is 1. The summed E-state index contributed by atoms with van der Waals surface area (Å²) >= 11 is 0. The van der Waals surface area contributed by atoms with Gasteiger partial charge in [-0.1, -0.05) is 6.08 Å². The van der Waals surface area contributed by atoms with Crippen LogP contribution in [-0.2, 0) is 14.8 Å². The second-order valence-electron chi connectivity index (χ2n) is 1.57. The van der Waals surface area contributed by atoms with Gasteiger partial charge in [0, 0.05) is 6.08 Å². The summed E-state index contributed by atoms with van der Waals surface area (Å²) in [6.45, 7) is 0. The lowest BCUT2D eigenvalue weighted by atomic mass is 10.5. The van der Waals surface area contributed by atoms with E-state index in [0.29, 0.717) is 0 Å². The smallest absolute Gasteiger partial charge is 0.328 e. The number of carbonyl (C=O) groups is 1. The van der Waals surface area contributed by atoms with E-state index in [1.807, 2.05) is 0 Å². The molecule has 0 aliphatic heterocycles. The summed E-state index contributed by atoms with van der Waals surface area (Å²) in [6, 6.07) is 0.